The maximum atomic E-state index is 6.13. The number of fused-ring (bicyclic) bond motifs is 1. The Hall–Kier alpha value is -3.37. The molecule has 0 amide bonds. The Morgan fingerprint density at radius 1 is 0.814 bits per heavy atom. The predicted molar refractivity (Wildman–Crippen MR) is 182 cm³/mol. The van der Waals surface area contributed by atoms with Gasteiger partial charge in [-0.2, -0.15) is 0 Å². The summed E-state index contributed by atoms with van der Waals surface area (Å²) in [4.78, 5) is 4.83. The number of benzene rings is 3. The van der Waals surface area contributed by atoms with Crippen LogP contribution in [-0.2, 0) is 30.4 Å². The van der Waals surface area contributed by atoms with Crippen LogP contribution in [0.3, 0.4) is 0 Å². The van der Waals surface area contributed by atoms with Crippen molar-refractivity contribution in [3.05, 3.63) is 107 Å². The zero-order valence-corrected chi connectivity index (χ0v) is 28.0. The Morgan fingerprint density at radius 3 is 2.05 bits per heavy atom. The summed E-state index contributed by atoms with van der Waals surface area (Å²) in [5.41, 5.74) is 7.58. The molecular weight excluding hydrogens is 530 g/mol. The SMILES string of the molecule is CCC.CCC.CCc1oc(-c2ccc(Cc3ccccc3)cc2)nc1CCOc1ccc2c(c1)CC[C@@H]2CC.COC. The van der Waals surface area contributed by atoms with Crippen molar-refractivity contribution in [1.82, 2.24) is 4.98 Å². The van der Waals surface area contributed by atoms with Gasteiger partial charge in [0.2, 0.25) is 5.89 Å². The number of rotatable bonds is 9. The van der Waals surface area contributed by atoms with Crippen molar-refractivity contribution in [2.24, 2.45) is 0 Å². The van der Waals surface area contributed by atoms with E-state index in [1.54, 1.807) is 14.2 Å². The maximum Gasteiger partial charge on any atom is 0.226 e. The molecule has 1 heterocycles. The summed E-state index contributed by atoms with van der Waals surface area (Å²) in [5, 5.41) is 0. The summed E-state index contributed by atoms with van der Waals surface area (Å²) in [5.74, 6) is 3.33. The molecule has 0 saturated heterocycles. The van der Waals surface area contributed by atoms with Gasteiger partial charge in [-0.25, -0.2) is 4.98 Å². The molecule has 1 aromatic heterocycles. The molecule has 4 nitrogen and oxygen atoms in total. The molecule has 0 aliphatic heterocycles. The first-order valence-electron chi connectivity index (χ1n) is 16.3. The minimum Gasteiger partial charge on any atom is -0.493 e. The zero-order valence-electron chi connectivity index (χ0n) is 28.0. The van der Waals surface area contributed by atoms with Gasteiger partial charge in [-0.3, -0.25) is 0 Å². The number of methoxy groups -OCH3 is 1. The molecule has 1 atom stereocenters. The molecule has 4 aromatic rings. The van der Waals surface area contributed by atoms with Crippen molar-refractivity contribution in [2.45, 2.75) is 98.8 Å². The van der Waals surface area contributed by atoms with E-state index in [1.807, 2.05) is 0 Å². The molecule has 43 heavy (non-hydrogen) atoms. The minimum atomic E-state index is 0.602. The summed E-state index contributed by atoms with van der Waals surface area (Å²) in [6.45, 7) is 13.5. The summed E-state index contributed by atoms with van der Waals surface area (Å²) in [6, 6.07) is 25.7. The van der Waals surface area contributed by atoms with Crippen LogP contribution in [-0.4, -0.2) is 25.8 Å². The molecule has 0 fully saturated rings. The highest BCUT2D eigenvalue weighted by Gasteiger charge is 2.21. The second kappa shape index (κ2) is 20.5. The van der Waals surface area contributed by atoms with Crippen molar-refractivity contribution in [1.29, 1.82) is 0 Å². The van der Waals surface area contributed by atoms with Gasteiger partial charge in [0.25, 0.3) is 0 Å². The van der Waals surface area contributed by atoms with E-state index < -0.39 is 0 Å². The van der Waals surface area contributed by atoms with Gasteiger partial charge < -0.3 is 13.9 Å². The molecule has 0 N–H and O–H groups in total. The molecule has 234 valence electrons. The lowest BCUT2D eigenvalue weighted by Gasteiger charge is -2.10. The monoisotopic (exact) mass is 585 g/mol. The Balaban J connectivity index is 0.000000641. The molecule has 5 rings (SSSR count). The standard InChI is InChI=1S/C31H33NO2.2C3H8.C2H6O/c1-3-24-14-15-26-21-27(16-17-28(24)26)33-19-18-29-30(4-2)34-31(32-29)25-12-10-23(11-13-25)20-22-8-6-5-7-9-22;3*1-3-2/h5-13,16-17,21,24H,3-4,14-15,18-20H2,1-2H3;2*3H2,1-2H3;1-2H3/t24-;;;/m0.../s1. The highest BCUT2D eigenvalue weighted by atomic mass is 16.5. The molecule has 0 unspecified atom stereocenters. The maximum absolute atomic E-state index is 6.13. The van der Waals surface area contributed by atoms with Crippen molar-refractivity contribution in [3.8, 4) is 17.2 Å². The van der Waals surface area contributed by atoms with E-state index in [4.69, 9.17) is 14.1 Å². The van der Waals surface area contributed by atoms with Gasteiger partial charge in [-0.1, -0.05) is 103 Å². The summed E-state index contributed by atoms with van der Waals surface area (Å²) in [7, 11) is 3.25. The third-order valence-electron chi connectivity index (χ3n) is 6.97. The Morgan fingerprint density at radius 2 is 1.44 bits per heavy atom. The fourth-order valence-corrected chi connectivity index (χ4v) is 5.04. The van der Waals surface area contributed by atoms with Crippen LogP contribution in [0.5, 0.6) is 5.75 Å². The van der Waals surface area contributed by atoms with Crippen LogP contribution < -0.4 is 4.74 Å². The largest absolute Gasteiger partial charge is 0.493 e. The lowest BCUT2D eigenvalue weighted by molar-refractivity contribution is 0.277. The Bertz CT molecular complexity index is 1270. The van der Waals surface area contributed by atoms with Gasteiger partial charge in [0.15, 0.2) is 0 Å². The fraction of sp³-hybridized carbons (Fsp3) is 0.462. The van der Waals surface area contributed by atoms with Crippen molar-refractivity contribution < 1.29 is 13.9 Å². The molecule has 0 radical (unpaired) electrons. The predicted octanol–water partition coefficient (Wildman–Crippen LogP) is 10.7. The summed E-state index contributed by atoms with van der Waals surface area (Å²) >= 11 is 0. The van der Waals surface area contributed by atoms with Crippen LogP contribution in [0.25, 0.3) is 11.5 Å². The van der Waals surface area contributed by atoms with E-state index in [-0.39, 0.29) is 0 Å². The molecule has 3 aromatic carbocycles. The molecule has 0 saturated carbocycles. The van der Waals surface area contributed by atoms with Crippen LogP contribution in [0, 0.1) is 0 Å². The zero-order chi connectivity index (χ0) is 31.5. The van der Waals surface area contributed by atoms with Crippen LogP contribution >= 0.6 is 0 Å². The van der Waals surface area contributed by atoms with E-state index >= 15 is 0 Å². The van der Waals surface area contributed by atoms with Crippen molar-refractivity contribution >= 4 is 0 Å². The Kier molecular flexibility index (Phi) is 17.1. The van der Waals surface area contributed by atoms with Crippen LogP contribution in [0.15, 0.2) is 77.2 Å². The van der Waals surface area contributed by atoms with Crippen LogP contribution in [0.4, 0.5) is 0 Å². The molecular formula is C39H55NO3. The van der Waals surface area contributed by atoms with Crippen molar-refractivity contribution in [3.63, 3.8) is 0 Å². The highest BCUT2D eigenvalue weighted by Crippen LogP contribution is 2.37. The van der Waals surface area contributed by atoms with Gasteiger partial charge in [-0.05, 0) is 78.1 Å². The third-order valence-corrected chi connectivity index (χ3v) is 6.97. The van der Waals surface area contributed by atoms with Gasteiger partial charge in [0, 0.05) is 32.6 Å². The number of hydrogen-bond donors (Lipinski definition) is 0. The molecule has 0 bridgehead atoms. The van der Waals surface area contributed by atoms with Crippen molar-refractivity contribution in [2.75, 3.05) is 20.8 Å². The molecule has 4 heteroatoms. The first-order valence-corrected chi connectivity index (χ1v) is 16.3. The minimum absolute atomic E-state index is 0.602. The second-order valence-corrected chi connectivity index (χ2v) is 11.0. The van der Waals surface area contributed by atoms with E-state index in [0.717, 1.165) is 47.9 Å². The average Bonchev–Trinajstić information content (AvgIpc) is 3.63. The lowest BCUT2D eigenvalue weighted by Crippen LogP contribution is -2.04. The van der Waals surface area contributed by atoms with Gasteiger partial charge >= 0.3 is 0 Å². The summed E-state index contributed by atoms with van der Waals surface area (Å²) in [6.07, 6.45) is 8.65. The Labute approximate surface area is 261 Å². The van der Waals surface area contributed by atoms with Gasteiger partial charge in [0.05, 0.1) is 12.3 Å². The fourth-order valence-electron chi connectivity index (χ4n) is 5.04. The van der Waals surface area contributed by atoms with Crippen LogP contribution in [0.1, 0.15) is 107 Å². The first kappa shape index (κ1) is 35.8. The quantitative estimate of drug-likeness (QED) is 0.196. The number of ether oxygens (including phenoxy) is 2. The average molecular weight is 586 g/mol. The molecule has 0 spiro atoms. The third kappa shape index (κ3) is 11.7. The lowest BCUT2D eigenvalue weighted by atomic mass is 9.99. The summed E-state index contributed by atoms with van der Waals surface area (Å²) < 4.78 is 16.5. The number of nitrogens with zero attached hydrogens (tertiary/aromatic N) is 1. The molecule has 1 aliphatic rings. The topological polar surface area (TPSA) is 44.5 Å². The van der Waals surface area contributed by atoms with Crippen LogP contribution in [0.2, 0.25) is 0 Å². The first-order chi connectivity index (χ1) is 21.0. The number of oxazole rings is 1. The molecule has 1 aliphatic carbocycles. The van der Waals surface area contributed by atoms with E-state index in [2.05, 4.69) is 119 Å². The highest BCUT2D eigenvalue weighted by molar-refractivity contribution is 5.54. The smallest absolute Gasteiger partial charge is 0.226 e. The number of hydrogen-bond acceptors (Lipinski definition) is 4. The number of aromatic nitrogens is 1. The van der Waals surface area contributed by atoms with E-state index in [9.17, 15) is 0 Å². The normalized spacial score (nSPS) is 13.0. The van der Waals surface area contributed by atoms with E-state index in [0.29, 0.717) is 12.5 Å². The van der Waals surface area contributed by atoms with Gasteiger partial charge in [-0.15, -0.1) is 0 Å². The number of aryl methyl sites for hydroxylation is 2. The van der Waals surface area contributed by atoms with E-state index in [1.165, 1.54) is 54.4 Å². The van der Waals surface area contributed by atoms with Gasteiger partial charge in [0.1, 0.15) is 11.5 Å². The second-order valence-electron chi connectivity index (χ2n) is 11.0.